The van der Waals surface area contributed by atoms with Gasteiger partial charge in [0.2, 0.25) is 0 Å². The summed E-state index contributed by atoms with van der Waals surface area (Å²) in [5, 5.41) is 0. The Labute approximate surface area is 126 Å². The number of nitrogens with zero attached hydrogens (tertiary/aromatic N) is 4. The molecule has 0 aromatic carbocycles. The van der Waals surface area contributed by atoms with Crippen LogP contribution >= 0.6 is 0 Å². The standard InChI is InChI=1S/C17H22N4/c1-17(2,3)16-19-10-14-6-8-21(12-15(14)20-16)11-13-5-4-7-18-9-13/h4-5,7,9-10H,6,8,11-12H2,1-3H3. The van der Waals surface area contributed by atoms with Crippen LogP contribution in [0, 0.1) is 0 Å². The maximum absolute atomic E-state index is 4.81. The van der Waals surface area contributed by atoms with Gasteiger partial charge in [0.25, 0.3) is 0 Å². The molecule has 4 heteroatoms. The summed E-state index contributed by atoms with van der Waals surface area (Å²) in [6.45, 7) is 9.36. The minimum Gasteiger partial charge on any atom is -0.293 e. The van der Waals surface area contributed by atoms with Crippen molar-refractivity contribution in [2.45, 2.75) is 45.7 Å². The molecule has 2 aromatic rings. The summed E-state index contributed by atoms with van der Waals surface area (Å²) < 4.78 is 0. The maximum atomic E-state index is 4.81. The Bertz CT molecular complexity index is 616. The summed E-state index contributed by atoms with van der Waals surface area (Å²) >= 11 is 0. The number of rotatable bonds is 2. The minimum absolute atomic E-state index is 0.000652. The van der Waals surface area contributed by atoms with Gasteiger partial charge in [-0.2, -0.15) is 0 Å². The smallest absolute Gasteiger partial charge is 0.133 e. The van der Waals surface area contributed by atoms with Crippen LogP contribution in [0.3, 0.4) is 0 Å². The van der Waals surface area contributed by atoms with Crippen molar-refractivity contribution < 1.29 is 0 Å². The van der Waals surface area contributed by atoms with Gasteiger partial charge in [-0.05, 0) is 23.6 Å². The zero-order chi connectivity index (χ0) is 14.9. The summed E-state index contributed by atoms with van der Waals surface area (Å²) in [5.74, 6) is 0.935. The second kappa shape index (κ2) is 5.53. The van der Waals surface area contributed by atoms with Gasteiger partial charge in [-0.15, -0.1) is 0 Å². The Kier molecular flexibility index (Phi) is 3.72. The third kappa shape index (κ3) is 3.27. The van der Waals surface area contributed by atoms with Gasteiger partial charge in [0, 0.05) is 43.6 Å². The van der Waals surface area contributed by atoms with Crippen molar-refractivity contribution in [1.82, 2.24) is 19.9 Å². The zero-order valence-corrected chi connectivity index (χ0v) is 13.0. The highest BCUT2D eigenvalue weighted by Gasteiger charge is 2.22. The molecular weight excluding hydrogens is 260 g/mol. The Morgan fingerprint density at radius 3 is 2.81 bits per heavy atom. The van der Waals surface area contributed by atoms with E-state index in [1.54, 1.807) is 0 Å². The molecule has 0 saturated carbocycles. The van der Waals surface area contributed by atoms with Crippen LogP contribution < -0.4 is 0 Å². The van der Waals surface area contributed by atoms with Crippen LogP contribution in [0.5, 0.6) is 0 Å². The van der Waals surface area contributed by atoms with Crippen molar-refractivity contribution in [3.63, 3.8) is 0 Å². The van der Waals surface area contributed by atoms with Crippen LogP contribution in [0.1, 0.15) is 43.4 Å². The van der Waals surface area contributed by atoms with Crippen LogP contribution in [-0.4, -0.2) is 26.4 Å². The molecule has 0 unspecified atom stereocenters. The van der Waals surface area contributed by atoms with Crippen molar-refractivity contribution in [1.29, 1.82) is 0 Å². The van der Waals surface area contributed by atoms with Crippen molar-refractivity contribution in [2.24, 2.45) is 0 Å². The quantitative estimate of drug-likeness (QED) is 0.849. The molecule has 3 heterocycles. The predicted octanol–water partition coefficient (Wildman–Crippen LogP) is 2.73. The second-order valence-corrected chi connectivity index (χ2v) is 6.74. The summed E-state index contributed by atoms with van der Waals surface area (Å²) in [6, 6.07) is 4.12. The normalized spacial score (nSPS) is 15.8. The lowest BCUT2D eigenvalue weighted by molar-refractivity contribution is 0.240. The fourth-order valence-corrected chi connectivity index (χ4v) is 2.60. The first kappa shape index (κ1) is 14.1. The molecule has 0 bridgehead atoms. The largest absolute Gasteiger partial charge is 0.293 e. The van der Waals surface area contributed by atoms with Crippen molar-refractivity contribution in [3.05, 3.63) is 53.4 Å². The fraction of sp³-hybridized carbons (Fsp3) is 0.471. The van der Waals surface area contributed by atoms with E-state index in [-0.39, 0.29) is 5.41 Å². The van der Waals surface area contributed by atoms with E-state index in [1.807, 2.05) is 24.7 Å². The first-order valence-electron chi connectivity index (χ1n) is 7.49. The lowest BCUT2D eigenvalue weighted by atomic mass is 9.95. The van der Waals surface area contributed by atoms with Gasteiger partial charge in [-0.1, -0.05) is 26.8 Å². The van der Waals surface area contributed by atoms with Crippen molar-refractivity contribution in [3.8, 4) is 0 Å². The molecule has 3 rings (SSSR count). The van der Waals surface area contributed by atoms with E-state index in [2.05, 4.69) is 41.7 Å². The molecule has 0 spiro atoms. The Hall–Kier alpha value is -1.81. The molecule has 0 N–H and O–H groups in total. The number of hydrogen-bond acceptors (Lipinski definition) is 4. The van der Waals surface area contributed by atoms with Crippen LogP contribution in [0.15, 0.2) is 30.7 Å². The van der Waals surface area contributed by atoms with Gasteiger partial charge < -0.3 is 0 Å². The molecule has 0 fully saturated rings. The third-order valence-electron chi connectivity index (χ3n) is 3.82. The third-order valence-corrected chi connectivity index (χ3v) is 3.82. The zero-order valence-electron chi connectivity index (χ0n) is 13.0. The molecule has 0 amide bonds. The highest BCUT2D eigenvalue weighted by Crippen LogP contribution is 2.23. The summed E-state index contributed by atoms with van der Waals surface area (Å²) in [4.78, 5) is 16.0. The Morgan fingerprint density at radius 2 is 2.10 bits per heavy atom. The summed E-state index contributed by atoms with van der Waals surface area (Å²) in [7, 11) is 0. The first-order chi connectivity index (χ1) is 10.0. The van der Waals surface area contributed by atoms with Gasteiger partial charge in [0.1, 0.15) is 5.82 Å². The highest BCUT2D eigenvalue weighted by atomic mass is 15.1. The van der Waals surface area contributed by atoms with Gasteiger partial charge in [-0.3, -0.25) is 9.88 Å². The summed E-state index contributed by atoms with van der Waals surface area (Å²) in [6.07, 6.45) is 6.80. The van der Waals surface area contributed by atoms with Gasteiger partial charge in [0.15, 0.2) is 0 Å². The molecule has 1 aliphatic rings. The highest BCUT2D eigenvalue weighted by molar-refractivity contribution is 5.22. The average Bonchev–Trinajstić information content (AvgIpc) is 2.46. The van der Waals surface area contributed by atoms with Crippen molar-refractivity contribution >= 4 is 0 Å². The lowest BCUT2D eigenvalue weighted by Gasteiger charge is -2.29. The van der Waals surface area contributed by atoms with Gasteiger partial charge >= 0.3 is 0 Å². The number of hydrogen-bond donors (Lipinski definition) is 0. The average molecular weight is 282 g/mol. The minimum atomic E-state index is 0.000652. The molecule has 21 heavy (non-hydrogen) atoms. The number of aromatic nitrogens is 3. The van der Waals surface area contributed by atoms with Gasteiger partial charge in [0.05, 0.1) is 5.69 Å². The molecule has 110 valence electrons. The van der Waals surface area contributed by atoms with E-state index in [1.165, 1.54) is 16.8 Å². The number of fused-ring (bicyclic) bond motifs is 1. The topological polar surface area (TPSA) is 41.9 Å². The lowest BCUT2D eigenvalue weighted by Crippen LogP contribution is -2.32. The van der Waals surface area contributed by atoms with E-state index in [4.69, 9.17) is 4.98 Å². The van der Waals surface area contributed by atoms with Gasteiger partial charge in [-0.25, -0.2) is 9.97 Å². The van der Waals surface area contributed by atoms with E-state index in [0.29, 0.717) is 0 Å². The predicted molar refractivity (Wildman–Crippen MR) is 82.8 cm³/mol. The SMILES string of the molecule is CC(C)(C)c1ncc2c(n1)CN(Cc1cccnc1)CC2. The molecule has 0 aliphatic carbocycles. The first-order valence-corrected chi connectivity index (χ1v) is 7.49. The molecule has 0 atom stereocenters. The Morgan fingerprint density at radius 1 is 1.24 bits per heavy atom. The van der Waals surface area contributed by atoms with Crippen LogP contribution in [0.4, 0.5) is 0 Å². The monoisotopic (exact) mass is 282 g/mol. The van der Waals surface area contributed by atoms with E-state index in [9.17, 15) is 0 Å². The summed E-state index contributed by atoms with van der Waals surface area (Å²) in [5.41, 5.74) is 3.74. The van der Waals surface area contributed by atoms with E-state index >= 15 is 0 Å². The Balaban J connectivity index is 1.78. The molecule has 0 saturated heterocycles. The maximum Gasteiger partial charge on any atom is 0.133 e. The van der Waals surface area contributed by atoms with E-state index in [0.717, 1.165) is 31.9 Å². The van der Waals surface area contributed by atoms with Crippen LogP contribution in [0.2, 0.25) is 0 Å². The fourth-order valence-electron chi connectivity index (χ4n) is 2.60. The van der Waals surface area contributed by atoms with Crippen molar-refractivity contribution in [2.75, 3.05) is 6.54 Å². The molecular formula is C17H22N4. The van der Waals surface area contributed by atoms with E-state index < -0.39 is 0 Å². The molecule has 1 aliphatic heterocycles. The molecule has 4 nitrogen and oxygen atoms in total. The van der Waals surface area contributed by atoms with Crippen LogP contribution in [0.25, 0.3) is 0 Å². The molecule has 0 radical (unpaired) electrons. The number of pyridine rings is 1. The second-order valence-electron chi connectivity index (χ2n) is 6.74. The molecule has 2 aromatic heterocycles. The van der Waals surface area contributed by atoms with Crippen LogP contribution in [-0.2, 0) is 24.9 Å².